The summed E-state index contributed by atoms with van der Waals surface area (Å²) in [5.74, 6) is 0.196. The van der Waals surface area contributed by atoms with Crippen LogP contribution in [0.15, 0.2) is 12.1 Å². The van der Waals surface area contributed by atoms with Gasteiger partial charge in [-0.1, -0.05) is 6.07 Å². The first-order valence-electron chi connectivity index (χ1n) is 4.97. The molecule has 3 heteroatoms. The molecule has 1 unspecified atom stereocenters. The first-order chi connectivity index (χ1) is 6.91. The fourth-order valence-electron chi connectivity index (χ4n) is 1.25. The van der Waals surface area contributed by atoms with Crippen LogP contribution in [0, 0.1) is 20.8 Å². The Bertz CT molecular complexity index is 383. The van der Waals surface area contributed by atoms with E-state index in [1.807, 2.05) is 32.9 Å². The number of hydrogen-bond acceptors (Lipinski definition) is 3. The summed E-state index contributed by atoms with van der Waals surface area (Å²) < 4.78 is 5.18. The monoisotopic (exact) mass is 207 g/mol. The highest BCUT2D eigenvalue weighted by Gasteiger charge is 2.12. The Labute approximate surface area is 90.2 Å². The van der Waals surface area contributed by atoms with E-state index in [-0.39, 0.29) is 0 Å². The van der Waals surface area contributed by atoms with E-state index in [1.165, 1.54) is 5.56 Å². The number of aryl methyl sites for hydroxylation is 3. The number of hydrogen-bond donors (Lipinski definition) is 1. The van der Waals surface area contributed by atoms with Crippen LogP contribution in [-0.2, 0) is 4.79 Å². The van der Waals surface area contributed by atoms with Crippen LogP contribution < -0.4 is 10.5 Å². The van der Waals surface area contributed by atoms with E-state index in [4.69, 9.17) is 10.5 Å². The van der Waals surface area contributed by atoms with Crippen LogP contribution in [0.3, 0.4) is 0 Å². The maximum atomic E-state index is 11.3. The van der Waals surface area contributed by atoms with Crippen LogP contribution in [-0.4, -0.2) is 12.0 Å². The third kappa shape index (κ3) is 2.80. The molecule has 0 amide bonds. The maximum absolute atomic E-state index is 11.3. The van der Waals surface area contributed by atoms with Gasteiger partial charge in [-0.25, -0.2) is 4.79 Å². The number of benzene rings is 1. The highest BCUT2D eigenvalue weighted by molar-refractivity contribution is 5.77. The SMILES string of the molecule is Cc1cc(C)c(OC(=O)C(C)N)cc1C. The lowest BCUT2D eigenvalue weighted by Gasteiger charge is -2.11. The fraction of sp³-hybridized carbons (Fsp3) is 0.417. The second-order valence-corrected chi connectivity index (χ2v) is 3.91. The summed E-state index contributed by atoms with van der Waals surface area (Å²) in [6.07, 6.45) is 0. The van der Waals surface area contributed by atoms with Crippen molar-refractivity contribution in [2.24, 2.45) is 5.73 Å². The highest BCUT2D eigenvalue weighted by Crippen LogP contribution is 2.22. The van der Waals surface area contributed by atoms with E-state index < -0.39 is 12.0 Å². The summed E-state index contributed by atoms with van der Waals surface area (Å²) in [5.41, 5.74) is 8.67. The molecule has 0 aromatic heterocycles. The summed E-state index contributed by atoms with van der Waals surface area (Å²) in [6, 6.07) is 3.27. The second-order valence-electron chi connectivity index (χ2n) is 3.91. The lowest BCUT2D eigenvalue weighted by atomic mass is 10.1. The van der Waals surface area contributed by atoms with Crippen molar-refractivity contribution < 1.29 is 9.53 Å². The van der Waals surface area contributed by atoms with Gasteiger partial charge in [0.2, 0.25) is 0 Å². The van der Waals surface area contributed by atoms with Crippen LogP contribution in [0.4, 0.5) is 0 Å². The Hall–Kier alpha value is -1.35. The molecule has 0 aliphatic heterocycles. The summed E-state index contributed by atoms with van der Waals surface area (Å²) >= 11 is 0. The van der Waals surface area contributed by atoms with E-state index >= 15 is 0 Å². The molecule has 3 nitrogen and oxygen atoms in total. The number of esters is 1. The Kier molecular flexibility index (Phi) is 3.48. The normalized spacial score (nSPS) is 12.3. The zero-order valence-electron chi connectivity index (χ0n) is 9.63. The number of carbonyl (C=O) groups is 1. The van der Waals surface area contributed by atoms with Crippen LogP contribution in [0.2, 0.25) is 0 Å². The van der Waals surface area contributed by atoms with Crippen LogP contribution >= 0.6 is 0 Å². The van der Waals surface area contributed by atoms with Gasteiger partial charge < -0.3 is 10.5 Å². The van der Waals surface area contributed by atoms with Crippen molar-refractivity contribution in [2.45, 2.75) is 33.7 Å². The van der Waals surface area contributed by atoms with Crippen molar-refractivity contribution in [1.29, 1.82) is 0 Å². The average molecular weight is 207 g/mol. The molecule has 0 fully saturated rings. The minimum Gasteiger partial charge on any atom is -0.425 e. The van der Waals surface area contributed by atoms with Crippen LogP contribution in [0.25, 0.3) is 0 Å². The van der Waals surface area contributed by atoms with E-state index in [0.717, 1.165) is 11.1 Å². The van der Waals surface area contributed by atoms with Crippen molar-refractivity contribution >= 4 is 5.97 Å². The minimum absolute atomic E-state index is 0.402. The van der Waals surface area contributed by atoms with Crippen molar-refractivity contribution in [2.75, 3.05) is 0 Å². The van der Waals surface area contributed by atoms with Crippen molar-refractivity contribution in [1.82, 2.24) is 0 Å². The number of ether oxygens (including phenoxy) is 1. The molecule has 0 heterocycles. The lowest BCUT2D eigenvalue weighted by molar-refractivity contribution is -0.135. The van der Waals surface area contributed by atoms with Gasteiger partial charge in [0.25, 0.3) is 0 Å². The Morgan fingerprint density at radius 1 is 1.20 bits per heavy atom. The zero-order valence-corrected chi connectivity index (χ0v) is 9.63. The lowest BCUT2D eigenvalue weighted by Crippen LogP contribution is -2.31. The topological polar surface area (TPSA) is 52.3 Å². The van der Waals surface area contributed by atoms with Gasteiger partial charge in [-0.05, 0) is 50.5 Å². The van der Waals surface area contributed by atoms with Gasteiger partial charge in [0.15, 0.2) is 0 Å². The largest absolute Gasteiger partial charge is 0.425 e. The zero-order chi connectivity index (χ0) is 11.6. The Morgan fingerprint density at radius 3 is 2.27 bits per heavy atom. The molecule has 0 spiro atoms. The van der Waals surface area contributed by atoms with E-state index in [0.29, 0.717) is 5.75 Å². The van der Waals surface area contributed by atoms with Gasteiger partial charge in [-0.3, -0.25) is 0 Å². The van der Waals surface area contributed by atoms with Gasteiger partial charge in [-0.2, -0.15) is 0 Å². The van der Waals surface area contributed by atoms with Gasteiger partial charge in [0.1, 0.15) is 11.8 Å². The molecule has 0 aliphatic carbocycles. The molecule has 0 bridgehead atoms. The van der Waals surface area contributed by atoms with Gasteiger partial charge in [0.05, 0.1) is 0 Å². The predicted molar refractivity (Wildman–Crippen MR) is 59.9 cm³/mol. The Balaban J connectivity index is 2.96. The first kappa shape index (κ1) is 11.7. The Morgan fingerprint density at radius 2 is 1.73 bits per heavy atom. The summed E-state index contributed by atoms with van der Waals surface area (Å²) in [7, 11) is 0. The van der Waals surface area contributed by atoms with Crippen LogP contribution in [0.5, 0.6) is 5.75 Å². The predicted octanol–water partition coefficient (Wildman–Crippen LogP) is 1.86. The molecule has 15 heavy (non-hydrogen) atoms. The minimum atomic E-state index is -0.592. The molecular formula is C12H17NO2. The molecule has 1 aromatic carbocycles. The molecule has 1 atom stereocenters. The molecule has 82 valence electrons. The summed E-state index contributed by atoms with van der Waals surface area (Å²) in [5, 5.41) is 0. The molecular weight excluding hydrogens is 190 g/mol. The summed E-state index contributed by atoms with van der Waals surface area (Å²) in [6.45, 7) is 7.53. The van der Waals surface area contributed by atoms with E-state index in [9.17, 15) is 4.79 Å². The third-order valence-corrected chi connectivity index (χ3v) is 2.37. The maximum Gasteiger partial charge on any atom is 0.328 e. The summed E-state index contributed by atoms with van der Waals surface area (Å²) in [4.78, 5) is 11.3. The van der Waals surface area contributed by atoms with Crippen molar-refractivity contribution in [3.05, 3.63) is 28.8 Å². The van der Waals surface area contributed by atoms with Gasteiger partial charge in [0, 0.05) is 0 Å². The number of carbonyl (C=O) groups excluding carboxylic acids is 1. The highest BCUT2D eigenvalue weighted by atomic mass is 16.5. The molecule has 0 saturated heterocycles. The van der Waals surface area contributed by atoms with Gasteiger partial charge >= 0.3 is 5.97 Å². The quantitative estimate of drug-likeness (QED) is 0.595. The van der Waals surface area contributed by atoms with Crippen LogP contribution in [0.1, 0.15) is 23.6 Å². The molecule has 0 aliphatic rings. The molecule has 0 radical (unpaired) electrons. The van der Waals surface area contributed by atoms with Gasteiger partial charge in [-0.15, -0.1) is 0 Å². The number of rotatable bonds is 2. The van der Waals surface area contributed by atoms with Crippen molar-refractivity contribution in [3.63, 3.8) is 0 Å². The molecule has 2 N–H and O–H groups in total. The van der Waals surface area contributed by atoms with E-state index in [2.05, 4.69) is 0 Å². The third-order valence-electron chi connectivity index (χ3n) is 2.37. The standard InChI is InChI=1S/C12H17NO2/c1-7-5-9(3)11(6-8(7)2)15-12(14)10(4)13/h5-6,10H,13H2,1-4H3. The molecule has 0 saturated carbocycles. The fourth-order valence-corrected chi connectivity index (χ4v) is 1.25. The van der Waals surface area contributed by atoms with Crippen molar-refractivity contribution in [3.8, 4) is 5.75 Å². The molecule has 1 rings (SSSR count). The second kappa shape index (κ2) is 4.45. The average Bonchev–Trinajstić information content (AvgIpc) is 2.13. The van der Waals surface area contributed by atoms with E-state index in [1.54, 1.807) is 6.92 Å². The first-order valence-corrected chi connectivity index (χ1v) is 4.97. The molecule has 1 aromatic rings. The smallest absolute Gasteiger partial charge is 0.328 e. The number of nitrogens with two attached hydrogens (primary N) is 1.